The van der Waals surface area contributed by atoms with Gasteiger partial charge in [0.05, 0.1) is 0 Å². The minimum Gasteiger partial charge on any atom is -0.451 e. The molecule has 0 bridgehead atoms. The molecule has 2 nitrogen and oxygen atoms in total. The van der Waals surface area contributed by atoms with Crippen LogP contribution in [0, 0.1) is 29.1 Å². The molecule has 2 aromatic carbocycles. The SMILES string of the molecule is Nc1ccc(Oc2c(F)c(F)c(F)c(F)c2F)cc1. The Bertz CT molecular complexity index is 598. The standard InChI is InChI=1S/C12H6F5NO/c13-7-8(14)10(16)12(11(17)9(7)15)19-6-3-1-5(18)2-4-6/h1-4H,18H2. The van der Waals surface area contributed by atoms with E-state index in [4.69, 9.17) is 5.73 Å². The first-order chi connectivity index (χ1) is 8.91. The molecule has 0 spiro atoms. The number of nitrogen functional groups attached to an aromatic ring is 1. The zero-order valence-corrected chi connectivity index (χ0v) is 9.18. The first-order valence-electron chi connectivity index (χ1n) is 4.96. The van der Waals surface area contributed by atoms with Crippen LogP contribution in [-0.2, 0) is 0 Å². The topological polar surface area (TPSA) is 35.2 Å². The number of nitrogens with two attached hydrogens (primary N) is 1. The normalized spacial score (nSPS) is 10.6. The molecule has 0 aliphatic carbocycles. The van der Waals surface area contributed by atoms with Gasteiger partial charge in [-0.1, -0.05) is 0 Å². The molecule has 0 aromatic heterocycles. The molecule has 100 valence electrons. The lowest BCUT2D eigenvalue weighted by molar-refractivity contribution is 0.332. The zero-order valence-electron chi connectivity index (χ0n) is 9.18. The fourth-order valence-electron chi connectivity index (χ4n) is 1.33. The number of hydrogen-bond acceptors (Lipinski definition) is 2. The highest BCUT2D eigenvalue weighted by Gasteiger charge is 2.27. The van der Waals surface area contributed by atoms with Crippen LogP contribution < -0.4 is 10.5 Å². The molecule has 0 heterocycles. The van der Waals surface area contributed by atoms with Crippen LogP contribution >= 0.6 is 0 Å². The van der Waals surface area contributed by atoms with E-state index in [1.807, 2.05) is 0 Å². The Morgan fingerprint density at radius 1 is 0.684 bits per heavy atom. The maximum atomic E-state index is 13.3. The summed E-state index contributed by atoms with van der Waals surface area (Å²) in [6.45, 7) is 0. The minimum atomic E-state index is -2.24. The summed E-state index contributed by atoms with van der Waals surface area (Å²) < 4.78 is 69.9. The Labute approximate surface area is 104 Å². The second-order valence-corrected chi connectivity index (χ2v) is 3.57. The highest BCUT2D eigenvalue weighted by Crippen LogP contribution is 2.32. The van der Waals surface area contributed by atoms with Crippen LogP contribution in [0.15, 0.2) is 24.3 Å². The van der Waals surface area contributed by atoms with Gasteiger partial charge in [-0.3, -0.25) is 0 Å². The summed E-state index contributed by atoms with van der Waals surface area (Å²) in [5, 5.41) is 0. The van der Waals surface area contributed by atoms with Crippen molar-refractivity contribution < 1.29 is 26.7 Å². The monoisotopic (exact) mass is 275 g/mol. The third kappa shape index (κ3) is 2.31. The van der Waals surface area contributed by atoms with E-state index in [9.17, 15) is 22.0 Å². The van der Waals surface area contributed by atoms with Crippen LogP contribution in [-0.4, -0.2) is 0 Å². The van der Waals surface area contributed by atoms with E-state index in [0.717, 1.165) is 0 Å². The van der Waals surface area contributed by atoms with Crippen LogP contribution in [0.3, 0.4) is 0 Å². The molecule has 7 heteroatoms. The Morgan fingerprint density at radius 3 is 1.58 bits per heavy atom. The fraction of sp³-hybridized carbons (Fsp3) is 0. The third-order valence-electron chi connectivity index (χ3n) is 2.27. The Balaban J connectivity index is 2.48. The fourth-order valence-corrected chi connectivity index (χ4v) is 1.33. The van der Waals surface area contributed by atoms with Crippen LogP contribution in [0.2, 0.25) is 0 Å². The predicted octanol–water partition coefficient (Wildman–Crippen LogP) is 3.76. The predicted molar refractivity (Wildman–Crippen MR) is 57.2 cm³/mol. The lowest BCUT2D eigenvalue weighted by Crippen LogP contribution is -2.04. The van der Waals surface area contributed by atoms with Crippen molar-refractivity contribution in [3.05, 3.63) is 53.4 Å². The maximum Gasteiger partial charge on any atom is 0.207 e. The summed E-state index contributed by atoms with van der Waals surface area (Å²) >= 11 is 0. The number of benzene rings is 2. The van der Waals surface area contributed by atoms with Crippen molar-refractivity contribution in [1.29, 1.82) is 0 Å². The van der Waals surface area contributed by atoms with Crippen molar-refractivity contribution in [2.75, 3.05) is 5.73 Å². The van der Waals surface area contributed by atoms with Gasteiger partial charge in [-0.15, -0.1) is 0 Å². The van der Waals surface area contributed by atoms with Gasteiger partial charge in [-0.05, 0) is 24.3 Å². The van der Waals surface area contributed by atoms with Crippen LogP contribution in [0.5, 0.6) is 11.5 Å². The molecular formula is C12H6F5NO. The molecule has 2 aromatic rings. The second-order valence-electron chi connectivity index (χ2n) is 3.57. The van der Waals surface area contributed by atoms with Gasteiger partial charge in [-0.25, -0.2) is 13.2 Å². The first kappa shape index (κ1) is 13.1. The van der Waals surface area contributed by atoms with Crippen molar-refractivity contribution in [3.8, 4) is 11.5 Å². The molecule has 0 saturated heterocycles. The van der Waals surface area contributed by atoms with E-state index in [2.05, 4.69) is 4.74 Å². The van der Waals surface area contributed by atoms with E-state index in [0.29, 0.717) is 5.69 Å². The maximum absolute atomic E-state index is 13.3. The van der Waals surface area contributed by atoms with Gasteiger partial charge in [0.2, 0.25) is 34.8 Å². The van der Waals surface area contributed by atoms with Crippen LogP contribution in [0.4, 0.5) is 27.6 Å². The third-order valence-corrected chi connectivity index (χ3v) is 2.27. The molecular weight excluding hydrogens is 269 g/mol. The number of halogens is 5. The molecule has 0 amide bonds. The average molecular weight is 275 g/mol. The Kier molecular flexibility index (Phi) is 3.28. The number of anilines is 1. The van der Waals surface area contributed by atoms with E-state index >= 15 is 0 Å². The summed E-state index contributed by atoms with van der Waals surface area (Å²) in [6.07, 6.45) is 0. The van der Waals surface area contributed by atoms with Crippen molar-refractivity contribution in [3.63, 3.8) is 0 Å². The Morgan fingerprint density at radius 2 is 1.11 bits per heavy atom. The smallest absolute Gasteiger partial charge is 0.207 e. The summed E-state index contributed by atoms with van der Waals surface area (Å²) in [6, 6.07) is 5.16. The summed E-state index contributed by atoms with van der Waals surface area (Å²) in [5.74, 6) is -11.9. The molecule has 0 radical (unpaired) electrons. The summed E-state index contributed by atoms with van der Waals surface area (Å²) in [5.41, 5.74) is 5.73. The molecule has 0 aliphatic rings. The average Bonchev–Trinajstić information content (AvgIpc) is 2.41. The molecule has 0 fully saturated rings. The molecule has 2 rings (SSSR count). The molecule has 0 saturated carbocycles. The zero-order chi connectivity index (χ0) is 14.2. The van der Waals surface area contributed by atoms with Gasteiger partial charge < -0.3 is 10.5 Å². The molecule has 19 heavy (non-hydrogen) atoms. The summed E-state index contributed by atoms with van der Waals surface area (Å²) in [7, 11) is 0. The van der Waals surface area contributed by atoms with E-state index in [-0.39, 0.29) is 5.75 Å². The highest BCUT2D eigenvalue weighted by atomic mass is 19.2. The number of ether oxygens (including phenoxy) is 1. The van der Waals surface area contributed by atoms with Crippen molar-refractivity contribution in [2.45, 2.75) is 0 Å². The second kappa shape index (κ2) is 4.75. The lowest BCUT2D eigenvalue weighted by atomic mass is 10.2. The van der Waals surface area contributed by atoms with Crippen LogP contribution in [0.25, 0.3) is 0 Å². The van der Waals surface area contributed by atoms with Gasteiger partial charge in [0.25, 0.3) is 0 Å². The quantitative estimate of drug-likeness (QED) is 0.392. The van der Waals surface area contributed by atoms with E-state index in [1.165, 1.54) is 24.3 Å². The van der Waals surface area contributed by atoms with Gasteiger partial charge >= 0.3 is 0 Å². The molecule has 2 N–H and O–H groups in total. The van der Waals surface area contributed by atoms with Crippen molar-refractivity contribution in [2.24, 2.45) is 0 Å². The van der Waals surface area contributed by atoms with Gasteiger partial charge in [0.1, 0.15) is 5.75 Å². The van der Waals surface area contributed by atoms with Crippen LogP contribution in [0.1, 0.15) is 0 Å². The first-order valence-corrected chi connectivity index (χ1v) is 4.96. The van der Waals surface area contributed by atoms with Gasteiger partial charge in [0.15, 0.2) is 0 Å². The molecule has 0 atom stereocenters. The minimum absolute atomic E-state index is 0.114. The number of hydrogen-bond donors (Lipinski definition) is 1. The number of rotatable bonds is 2. The largest absolute Gasteiger partial charge is 0.451 e. The molecule has 0 unspecified atom stereocenters. The van der Waals surface area contributed by atoms with Gasteiger partial charge in [0, 0.05) is 5.69 Å². The molecule has 0 aliphatic heterocycles. The lowest BCUT2D eigenvalue weighted by Gasteiger charge is -2.09. The van der Waals surface area contributed by atoms with E-state index < -0.39 is 34.8 Å². The highest BCUT2D eigenvalue weighted by molar-refractivity contribution is 5.43. The van der Waals surface area contributed by atoms with E-state index in [1.54, 1.807) is 0 Å². The van der Waals surface area contributed by atoms with Crippen molar-refractivity contribution >= 4 is 5.69 Å². The Hall–Kier alpha value is -2.31. The van der Waals surface area contributed by atoms with Gasteiger partial charge in [-0.2, -0.15) is 8.78 Å². The van der Waals surface area contributed by atoms with Crippen molar-refractivity contribution in [1.82, 2.24) is 0 Å². The summed E-state index contributed by atoms with van der Waals surface area (Å²) in [4.78, 5) is 0.